The molecule has 0 spiro atoms. The van der Waals surface area contributed by atoms with Crippen LogP contribution in [0.1, 0.15) is 51.9 Å². The van der Waals surface area contributed by atoms with Gasteiger partial charge in [0, 0.05) is 18.7 Å². The largest absolute Gasteiger partial charge is 0.481 e. The Hall–Kier alpha value is -0.610. The Labute approximate surface area is 110 Å². The highest BCUT2D eigenvalue weighted by Gasteiger charge is 2.37. The zero-order chi connectivity index (χ0) is 13.4. The average Bonchev–Trinajstić information content (AvgIpc) is 2.34. The van der Waals surface area contributed by atoms with Gasteiger partial charge in [0.25, 0.3) is 0 Å². The number of carbonyl (C=O) groups is 1. The van der Waals surface area contributed by atoms with Crippen molar-refractivity contribution in [2.24, 2.45) is 0 Å². The third-order valence-corrected chi connectivity index (χ3v) is 3.99. The maximum Gasteiger partial charge on any atom is 0.305 e. The van der Waals surface area contributed by atoms with Gasteiger partial charge in [-0.05, 0) is 26.3 Å². The van der Waals surface area contributed by atoms with Gasteiger partial charge in [0.1, 0.15) is 0 Å². The van der Waals surface area contributed by atoms with Crippen LogP contribution in [0.4, 0.5) is 0 Å². The molecule has 4 heteroatoms. The average molecular weight is 257 g/mol. The van der Waals surface area contributed by atoms with E-state index in [-0.39, 0.29) is 12.0 Å². The quantitative estimate of drug-likeness (QED) is 0.679. The Balaban J connectivity index is 2.50. The predicted octanol–water partition coefficient (Wildman–Crippen LogP) is 2.52. The summed E-state index contributed by atoms with van der Waals surface area (Å²) in [5, 5.41) is 9.13. The molecule has 1 rings (SSSR count). The highest BCUT2D eigenvalue weighted by Crippen LogP contribution is 2.35. The molecule has 1 N–H and O–H groups in total. The number of hydrogen-bond acceptors (Lipinski definition) is 3. The lowest BCUT2D eigenvalue weighted by atomic mass is 9.78. The molecule has 0 amide bonds. The Morgan fingerprint density at radius 3 is 2.50 bits per heavy atom. The minimum absolute atomic E-state index is 0.139. The maximum atomic E-state index is 11.1. The first kappa shape index (κ1) is 15.4. The van der Waals surface area contributed by atoms with Crippen LogP contribution >= 0.6 is 0 Å². The molecule has 0 atom stereocenters. The topological polar surface area (TPSA) is 49.8 Å². The molecular weight excluding hydrogens is 230 g/mol. The molecular formula is C14H27NO3. The van der Waals surface area contributed by atoms with E-state index in [1.807, 2.05) is 7.05 Å². The van der Waals surface area contributed by atoms with Crippen molar-refractivity contribution in [1.82, 2.24) is 4.90 Å². The summed E-state index contributed by atoms with van der Waals surface area (Å²) >= 11 is 0. The number of carboxylic acids is 1. The molecule has 18 heavy (non-hydrogen) atoms. The second-order valence-electron chi connectivity index (χ2n) is 5.39. The van der Waals surface area contributed by atoms with E-state index < -0.39 is 5.97 Å². The lowest BCUT2D eigenvalue weighted by Gasteiger charge is -2.44. The van der Waals surface area contributed by atoms with Crippen LogP contribution < -0.4 is 0 Å². The van der Waals surface area contributed by atoms with Gasteiger partial charge in [-0.25, -0.2) is 0 Å². The molecule has 0 aromatic heterocycles. The minimum atomic E-state index is -0.682. The predicted molar refractivity (Wildman–Crippen MR) is 71.8 cm³/mol. The van der Waals surface area contributed by atoms with Crippen LogP contribution in [0.25, 0.3) is 0 Å². The molecule has 0 radical (unpaired) electrons. The van der Waals surface area contributed by atoms with E-state index in [1.165, 1.54) is 6.42 Å². The fourth-order valence-electron chi connectivity index (χ4n) is 2.87. The smallest absolute Gasteiger partial charge is 0.305 e. The summed E-state index contributed by atoms with van der Waals surface area (Å²) in [5.74, 6) is -0.682. The van der Waals surface area contributed by atoms with Gasteiger partial charge in [-0.2, -0.15) is 0 Å². The molecule has 0 aromatic carbocycles. The second kappa shape index (κ2) is 7.74. The third-order valence-electron chi connectivity index (χ3n) is 3.99. The third kappa shape index (κ3) is 4.58. The molecule has 4 nitrogen and oxygen atoms in total. The van der Waals surface area contributed by atoms with Gasteiger partial charge < -0.3 is 9.84 Å². The molecule has 0 bridgehead atoms. The summed E-state index contributed by atoms with van der Waals surface area (Å²) in [6.07, 6.45) is 6.83. The zero-order valence-electron chi connectivity index (χ0n) is 11.8. The van der Waals surface area contributed by atoms with Crippen LogP contribution in [0.5, 0.6) is 0 Å². The van der Waals surface area contributed by atoms with Crippen molar-refractivity contribution in [1.29, 1.82) is 0 Å². The lowest BCUT2D eigenvalue weighted by molar-refractivity contribution is -0.141. The van der Waals surface area contributed by atoms with Gasteiger partial charge in [-0.3, -0.25) is 9.69 Å². The van der Waals surface area contributed by atoms with Gasteiger partial charge in [0.15, 0.2) is 0 Å². The van der Waals surface area contributed by atoms with Crippen LogP contribution in [0, 0.1) is 0 Å². The van der Waals surface area contributed by atoms with Gasteiger partial charge in [-0.1, -0.05) is 26.2 Å². The summed E-state index contributed by atoms with van der Waals surface area (Å²) in [4.78, 5) is 13.3. The molecule has 106 valence electrons. The summed E-state index contributed by atoms with van der Waals surface area (Å²) in [5.41, 5.74) is -0.139. The SMILES string of the molecule is CCCOCCN(C)C1(CC(=O)O)CCCCC1. The van der Waals surface area contributed by atoms with Crippen LogP contribution in [0.2, 0.25) is 0 Å². The minimum Gasteiger partial charge on any atom is -0.481 e. The Morgan fingerprint density at radius 2 is 1.94 bits per heavy atom. The molecule has 1 fully saturated rings. The van der Waals surface area contributed by atoms with Gasteiger partial charge in [-0.15, -0.1) is 0 Å². The summed E-state index contributed by atoms with van der Waals surface area (Å²) in [6, 6.07) is 0. The number of hydrogen-bond donors (Lipinski definition) is 1. The fourth-order valence-corrected chi connectivity index (χ4v) is 2.87. The van der Waals surface area contributed by atoms with E-state index >= 15 is 0 Å². The van der Waals surface area contributed by atoms with Crippen molar-refractivity contribution >= 4 is 5.97 Å². The summed E-state index contributed by atoms with van der Waals surface area (Å²) in [6.45, 7) is 4.41. The van der Waals surface area contributed by atoms with Gasteiger partial charge in [0.2, 0.25) is 0 Å². The standard InChI is InChI=1S/C14H27NO3/c1-3-10-18-11-9-15(2)14(12-13(16)17)7-5-4-6-8-14/h3-12H2,1-2H3,(H,16,17). The number of rotatable bonds is 8. The van der Waals surface area contributed by atoms with Crippen LogP contribution in [0.15, 0.2) is 0 Å². The van der Waals surface area contributed by atoms with Crippen molar-refractivity contribution in [2.75, 3.05) is 26.8 Å². The summed E-state index contributed by atoms with van der Waals surface area (Å²) in [7, 11) is 2.05. The van der Waals surface area contributed by atoms with Gasteiger partial charge >= 0.3 is 5.97 Å². The second-order valence-corrected chi connectivity index (χ2v) is 5.39. The van der Waals surface area contributed by atoms with Crippen molar-refractivity contribution in [3.63, 3.8) is 0 Å². The fraction of sp³-hybridized carbons (Fsp3) is 0.929. The van der Waals surface area contributed by atoms with E-state index in [0.717, 1.165) is 45.3 Å². The molecule has 0 saturated heterocycles. The van der Waals surface area contributed by atoms with Crippen molar-refractivity contribution in [3.05, 3.63) is 0 Å². The van der Waals surface area contributed by atoms with Gasteiger partial charge in [0.05, 0.1) is 13.0 Å². The normalized spacial score (nSPS) is 19.1. The lowest BCUT2D eigenvalue weighted by Crippen LogP contribution is -2.50. The first-order valence-corrected chi connectivity index (χ1v) is 7.11. The number of carboxylic acid groups (broad SMARTS) is 1. The monoisotopic (exact) mass is 257 g/mol. The molecule has 1 saturated carbocycles. The first-order valence-electron chi connectivity index (χ1n) is 7.11. The van der Waals surface area contributed by atoms with E-state index in [1.54, 1.807) is 0 Å². The number of likely N-dealkylation sites (N-methyl/N-ethyl adjacent to an activating group) is 1. The molecule has 1 aliphatic carbocycles. The van der Waals surface area contributed by atoms with Crippen molar-refractivity contribution < 1.29 is 14.6 Å². The number of nitrogens with zero attached hydrogens (tertiary/aromatic N) is 1. The Kier molecular flexibility index (Phi) is 6.65. The van der Waals surface area contributed by atoms with Crippen molar-refractivity contribution in [3.8, 4) is 0 Å². The molecule has 0 aliphatic heterocycles. The van der Waals surface area contributed by atoms with E-state index in [0.29, 0.717) is 6.61 Å². The van der Waals surface area contributed by atoms with E-state index in [2.05, 4.69) is 11.8 Å². The first-order chi connectivity index (χ1) is 8.60. The molecule has 0 aromatic rings. The zero-order valence-corrected chi connectivity index (χ0v) is 11.8. The van der Waals surface area contributed by atoms with Crippen LogP contribution in [0.3, 0.4) is 0 Å². The Morgan fingerprint density at radius 1 is 1.28 bits per heavy atom. The van der Waals surface area contributed by atoms with Crippen molar-refractivity contribution in [2.45, 2.75) is 57.4 Å². The van der Waals surface area contributed by atoms with Crippen LogP contribution in [-0.2, 0) is 9.53 Å². The highest BCUT2D eigenvalue weighted by molar-refractivity contribution is 5.68. The van der Waals surface area contributed by atoms with E-state index in [9.17, 15) is 4.79 Å². The number of ether oxygens (including phenoxy) is 1. The molecule has 1 aliphatic rings. The summed E-state index contributed by atoms with van der Waals surface area (Å²) < 4.78 is 5.51. The van der Waals surface area contributed by atoms with Crippen LogP contribution in [-0.4, -0.2) is 48.3 Å². The molecule has 0 heterocycles. The number of aliphatic carboxylic acids is 1. The van der Waals surface area contributed by atoms with E-state index in [4.69, 9.17) is 9.84 Å². The maximum absolute atomic E-state index is 11.1. The Bertz CT molecular complexity index is 249. The highest BCUT2D eigenvalue weighted by atomic mass is 16.5. The molecule has 0 unspecified atom stereocenters.